The summed E-state index contributed by atoms with van der Waals surface area (Å²) in [7, 11) is 0. The highest BCUT2D eigenvalue weighted by atomic mass is 16.6. The first-order valence-electron chi connectivity index (χ1n) is 10.4. The van der Waals surface area contributed by atoms with Crippen molar-refractivity contribution in [3.63, 3.8) is 0 Å². The number of non-ortho nitro benzene ring substituents is 1. The molecule has 1 aliphatic heterocycles. The quantitative estimate of drug-likeness (QED) is 0.522. The molecule has 0 radical (unpaired) electrons. The van der Waals surface area contributed by atoms with Gasteiger partial charge in [0.2, 0.25) is 5.91 Å². The molecule has 0 aromatic heterocycles. The van der Waals surface area contributed by atoms with Crippen LogP contribution in [0.1, 0.15) is 23.2 Å². The summed E-state index contributed by atoms with van der Waals surface area (Å²) in [5.41, 5.74) is 2.01. The second kappa shape index (κ2) is 9.13. The molecule has 31 heavy (non-hydrogen) atoms. The minimum atomic E-state index is -0.409. The highest BCUT2D eigenvalue weighted by Gasteiger charge is 2.25. The van der Waals surface area contributed by atoms with Gasteiger partial charge < -0.3 is 15.5 Å². The SMILES string of the molecule is O=C(CN1CCN(c2ccc([N+](=O)[O-])cc2)CC1)Nc1ccccc1C(=O)NC1CC1. The largest absolute Gasteiger partial charge is 0.369 e. The lowest BCUT2D eigenvalue weighted by atomic mass is 10.1. The average Bonchev–Trinajstić information content (AvgIpc) is 3.58. The van der Waals surface area contributed by atoms with Crippen LogP contribution >= 0.6 is 0 Å². The Balaban J connectivity index is 1.28. The highest BCUT2D eigenvalue weighted by Crippen LogP contribution is 2.22. The maximum Gasteiger partial charge on any atom is 0.269 e. The molecule has 1 saturated carbocycles. The molecule has 2 aromatic rings. The molecule has 1 saturated heterocycles. The van der Waals surface area contributed by atoms with Gasteiger partial charge in [-0.3, -0.25) is 24.6 Å². The Labute approximate surface area is 180 Å². The fourth-order valence-corrected chi connectivity index (χ4v) is 3.62. The van der Waals surface area contributed by atoms with Gasteiger partial charge in [-0.25, -0.2) is 0 Å². The summed E-state index contributed by atoms with van der Waals surface area (Å²) in [6.45, 7) is 3.10. The molecule has 2 aliphatic rings. The van der Waals surface area contributed by atoms with Gasteiger partial charge in [0.15, 0.2) is 0 Å². The van der Waals surface area contributed by atoms with Crippen LogP contribution < -0.4 is 15.5 Å². The van der Waals surface area contributed by atoms with Crippen molar-refractivity contribution in [1.82, 2.24) is 10.2 Å². The van der Waals surface area contributed by atoms with Gasteiger partial charge in [-0.1, -0.05) is 12.1 Å². The van der Waals surface area contributed by atoms with E-state index in [1.54, 1.807) is 36.4 Å². The summed E-state index contributed by atoms with van der Waals surface area (Å²) in [6.07, 6.45) is 2.01. The molecule has 162 valence electrons. The zero-order chi connectivity index (χ0) is 21.8. The summed E-state index contributed by atoms with van der Waals surface area (Å²) in [5, 5.41) is 16.6. The monoisotopic (exact) mass is 423 g/mol. The number of nitro groups is 1. The van der Waals surface area contributed by atoms with Crippen LogP contribution in [0.25, 0.3) is 0 Å². The number of hydrogen-bond donors (Lipinski definition) is 2. The van der Waals surface area contributed by atoms with Crippen molar-refractivity contribution in [2.24, 2.45) is 0 Å². The van der Waals surface area contributed by atoms with Gasteiger partial charge in [-0.15, -0.1) is 0 Å². The Kier molecular flexibility index (Phi) is 6.13. The molecule has 1 aliphatic carbocycles. The Morgan fingerprint density at radius 1 is 1.00 bits per heavy atom. The number of carbonyl (C=O) groups is 2. The zero-order valence-corrected chi connectivity index (χ0v) is 17.1. The third-order valence-electron chi connectivity index (χ3n) is 5.52. The number of rotatable bonds is 7. The minimum absolute atomic E-state index is 0.0742. The summed E-state index contributed by atoms with van der Waals surface area (Å²) >= 11 is 0. The number of nitro benzene ring substituents is 1. The van der Waals surface area contributed by atoms with E-state index < -0.39 is 4.92 Å². The molecule has 0 spiro atoms. The van der Waals surface area contributed by atoms with E-state index in [0.29, 0.717) is 24.3 Å². The van der Waals surface area contributed by atoms with Gasteiger partial charge in [-0.05, 0) is 37.1 Å². The van der Waals surface area contributed by atoms with E-state index in [4.69, 9.17) is 0 Å². The molecule has 2 aromatic carbocycles. The second-order valence-electron chi connectivity index (χ2n) is 7.88. The Bertz CT molecular complexity index is 966. The maximum absolute atomic E-state index is 12.6. The average molecular weight is 423 g/mol. The molecule has 4 rings (SSSR count). The van der Waals surface area contributed by atoms with Crippen molar-refractivity contribution >= 4 is 28.9 Å². The molecule has 0 bridgehead atoms. The number of carbonyl (C=O) groups excluding carboxylic acids is 2. The molecule has 1 heterocycles. The van der Waals surface area contributed by atoms with Crippen molar-refractivity contribution in [2.75, 3.05) is 42.9 Å². The van der Waals surface area contributed by atoms with Gasteiger partial charge in [-0.2, -0.15) is 0 Å². The van der Waals surface area contributed by atoms with Crippen LogP contribution in [-0.2, 0) is 4.79 Å². The molecule has 2 N–H and O–H groups in total. The lowest BCUT2D eigenvalue weighted by Crippen LogP contribution is -2.48. The normalized spacial score (nSPS) is 16.6. The first-order valence-corrected chi connectivity index (χ1v) is 10.4. The van der Waals surface area contributed by atoms with E-state index in [9.17, 15) is 19.7 Å². The summed E-state index contributed by atoms with van der Waals surface area (Å²) < 4.78 is 0. The van der Waals surface area contributed by atoms with Gasteiger partial charge in [0.05, 0.1) is 22.7 Å². The molecule has 2 amide bonds. The van der Waals surface area contributed by atoms with E-state index in [1.165, 1.54) is 12.1 Å². The zero-order valence-electron chi connectivity index (χ0n) is 17.1. The highest BCUT2D eigenvalue weighted by molar-refractivity contribution is 6.04. The standard InChI is InChI=1S/C22H25N5O4/c28-21(24-20-4-2-1-3-19(20)22(29)23-16-5-6-16)15-25-11-13-26(14-12-25)17-7-9-18(10-8-17)27(30)31/h1-4,7-10,16H,5-6,11-15H2,(H,23,29)(H,24,28). The first-order chi connectivity index (χ1) is 15.0. The lowest BCUT2D eigenvalue weighted by molar-refractivity contribution is -0.384. The number of nitrogens with one attached hydrogen (secondary N) is 2. The Morgan fingerprint density at radius 2 is 1.68 bits per heavy atom. The van der Waals surface area contributed by atoms with Gasteiger partial charge in [0, 0.05) is 50.0 Å². The van der Waals surface area contributed by atoms with E-state index in [0.717, 1.165) is 31.6 Å². The minimum Gasteiger partial charge on any atom is -0.369 e. The molecular weight excluding hydrogens is 398 g/mol. The molecule has 0 atom stereocenters. The second-order valence-corrected chi connectivity index (χ2v) is 7.88. The van der Waals surface area contributed by atoms with Crippen molar-refractivity contribution in [3.8, 4) is 0 Å². The van der Waals surface area contributed by atoms with Crippen LogP contribution in [0.3, 0.4) is 0 Å². The number of para-hydroxylation sites is 1. The number of benzene rings is 2. The van der Waals surface area contributed by atoms with Crippen molar-refractivity contribution in [3.05, 3.63) is 64.2 Å². The number of nitrogens with zero attached hydrogens (tertiary/aromatic N) is 3. The number of piperazine rings is 1. The van der Waals surface area contributed by atoms with Crippen molar-refractivity contribution in [1.29, 1.82) is 0 Å². The Morgan fingerprint density at radius 3 is 2.32 bits per heavy atom. The summed E-state index contributed by atoms with van der Waals surface area (Å²) in [4.78, 5) is 39.6. The van der Waals surface area contributed by atoms with Crippen LogP contribution in [0.5, 0.6) is 0 Å². The molecule has 9 nitrogen and oxygen atoms in total. The molecule has 0 unspecified atom stereocenters. The van der Waals surface area contributed by atoms with Gasteiger partial charge >= 0.3 is 0 Å². The van der Waals surface area contributed by atoms with E-state index in [1.807, 2.05) is 0 Å². The Hall–Kier alpha value is -3.46. The third-order valence-corrected chi connectivity index (χ3v) is 5.52. The first kappa shape index (κ1) is 20.8. The van der Waals surface area contributed by atoms with Crippen LogP contribution in [0, 0.1) is 10.1 Å². The van der Waals surface area contributed by atoms with Gasteiger partial charge in [0.1, 0.15) is 0 Å². The van der Waals surface area contributed by atoms with Crippen LogP contribution in [0.2, 0.25) is 0 Å². The van der Waals surface area contributed by atoms with E-state index in [2.05, 4.69) is 20.4 Å². The predicted molar refractivity (Wildman–Crippen MR) is 117 cm³/mol. The third kappa shape index (κ3) is 5.37. The van der Waals surface area contributed by atoms with Crippen LogP contribution in [0.4, 0.5) is 17.1 Å². The predicted octanol–water partition coefficient (Wildman–Crippen LogP) is 2.25. The van der Waals surface area contributed by atoms with Crippen molar-refractivity contribution in [2.45, 2.75) is 18.9 Å². The smallest absolute Gasteiger partial charge is 0.269 e. The molecule has 9 heteroatoms. The molecule has 2 fully saturated rings. The lowest BCUT2D eigenvalue weighted by Gasteiger charge is -2.35. The summed E-state index contributed by atoms with van der Waals surface area (Å²) in [6, 6.07) is 13.8. The van der Waals surface area contributed by atoms with Crippen LogP contribution in [0.15, 0.2) is 48.5 Å². The topological polar surface area (TPSA) is 108 Å². The van der Waals surface area contributed by atoms with E-state index >= 15 is 0 Å². The maximum atomic E-state index is 12.6. The number of anilines is 2. The fourth-order valence-electron chi connectivity index (χ4n) is 3.62. The van der Waals surface area contributed by atoms with Gasteiger partial charge in [0.25, 0.3) is 11.6 Å². The number of amides is 2. The number of hydrogen-bond acceptors (Lipinski definition) is 6. The van der Waals surface area contributed by atoms with Crippen LogP contribution in [-0.4, -0.2) is 60.4 Å². The fraction of sp³-hybridized carbons (Fsp3) is 0.364. The summed E-state index contributed by atoms with van der Waals surface area (Å²) in [5.74, 6) is -0.314. The molecular formula is C22H25N5O4. The van der Waals surface area contributed by atoms with Crippen molar-refractivity contribution < 1.29 is 14.5 Å². The van der Waals surface area contributed by atoms with E-state index in [-0.39, 0.29) is 30.1 Å².